The molecule has 0 aliphatic carbocycles. The summed E-state index contributed by atoms with van der Waals surface area (Å²) in [6, 6.07) is 28.0. The van der Waals surface area contributed by atoms with Gasteiger partial charge in [-0.1, -0.05) is 78.9 Å². The maximum Gasteiger partial charge on any atom is 0.240 e. The second kappa shape index (κ2) is 8.93. The summed E-state index contributed by atoms with van der Waals surface area (Å²) in [5.41, 5.74) is 4.89. The molecular weight excluding hydrogens is 372 g/mol. The van der Waals surface area contributed by atoms with Crippen molar-refractivity contribution in [2.75, 3.05) is 0 Å². The fraction of sp³-hybridized carbons (Fsp3) is 0.0769. The standard InChI is InChI=1S/C26H18N2O2/c29-17-27-25-16-23-21(14-19-8-3-1-4-9-19)12-7-13-22(23)24(26(25)28-18-30)15-20-10-5-2-6-11-20/h1-13,16H,14-15H2. The lowest BCUT2D eigenvalue weighted by molar-refractivity contribution is 0.564. The van der Waals surface area contributed by atoms with Gasteiger partial charge in [-0.2, -0.15) is 9.98 Å². The van der Waals surface area contributed by atoms with E-state index in [1.807, 2.05) is 66.7 Å². The van der Waals surface area contributed by atoms with Crippen molar-refractivity contribution in [1.82, 2.24) is 0 Å². The molecule has 0 bridgehead atoms. The lowest BCUT2D eigenvalue weighted by atomic mass is 9.91. The van der Waals surface area contributed by atoms with E-state index in [1.165, 1.54) is 5.56 Å². The topological polar surface area (TPSA) is 58.9 Å². The Balaban J connectivity index is 1.97. The van der Waals surface area contributed by atoms with Crippen molar-refractivity contribution in [2.24, 2.45) is 9.98 Å². The number of aliphatic imine (C=N–C) groups is 2. The van der Waals surface area contributed by atoms with Crippen molar-refractivity contribution < 1.29 is 9.59 Å². The summed E-state index contributed by atoms with van der Waals surface area (Å²) < 4.78 is 0. The molecule has 0 saturated carbocycles. The highest BCUT2D eigenvalue weighted by atomic mass is 16.1. The highest BCUT2D eigenvalue weighted by molar-refractivity contribution is 5.97. The third kappa shape index (κ3) is 4.01. The Morgan fingerprint density at radius 3 is 1.90 bits per heavy atom. The smallest absolute Gasteiger partial charge is 0.211 e. The molecule has 0 aliphatic rings. The number of carbonyl (C=O) groups excluding carboxylic acids is 2. The van der Waals surface area contributed by atoms with E-state index in [0.717, 1.165) is 33.9 Å². The average molecular weight is 390 g/mol. The van der Waals surface area contributed by atoms with E-state index in [0.29, 0.717) is 17.8 Å². The monoisotopic (exact) mass is 390 g/mol. The molecule has 0 amide bonds. The Morgan fingerprint density at radius 2 is 1.27 bits per heavy atom. The maximum absolute atomic E-state index is 11.1. The zero-order chi connectivity index (χ0) is 20.8. The summed E-state index contributed by atoms with van der Waals surface area (Å²) in [6.07, 6.45) is 4.50. The Labute approximate surface area is 174 Å². The van der Waals surface area contributed by atoms with E-state index in [4.69, 9.17) is 0 Å². The van der Waals surface area contributed by atoms with Gasteiger partial charge in [0.1, 0.15) is 11.4 Å². The number of nitrogens with zero attached hydrogens (tertiary/aromatic N) is 2. The Kier molecular flexibility index (Phi) is 5.73. The highest BCUT2D eigenvalue weighted by Crippen LogP contribution is 2.40. The molecule has 4 rings (SSSR count). The highest BCUT2D eigenvalue weighted by Gasteiger charge is 2.16. The van der Waals surface area contributed by atoms with Gasteiger partial charge in [-0.05, 0) is 45.5 Å². The van der Waals surface area contributed by atoms with Crippen LogP contribution in [0.3, 0.4) is 0 Å². The van der Waals surface area contributed by atoms with Gasteiger partial charge < -0.3 is 0 Å². The predicted molar refractivity (Wildman–Crippen MR) is 118 cm³/mol. The molecule has 0 unspecified atom stereocenters. The predicted octanol–water partition coefficient (Wildman–Crippen LogP) is 5.96. The van der Waals surface area contributed by atoms with Crippen LogP contribution in [0.4, 0.5) is 11.4 Å². The maximum atomic E-state index is 11.1. The third-order valence-corrected chi connectivity index (χ3v) is 5.12. The van der Waals surface area contributed by atoms with Crippen LogP contribution in [0.25, 0.3) is 10.8 Å². The van der Waals surface area contributed by atoms with Gasteiger partial charge in [0.15, 0.2) is 0 Å². The zero-order valence-corrected chi connectivity index (χ0v) is 16.2. The molecular formula is C26H18N2O2. The fourth-order valence-corrected chi connectivity index (χ4v) is 3.79. The Bertz CT molecular complexity index is 1290. The zero-order valence-electron chi connectivity index (χ0n) is 16.2. The van der Waals surface area contributed by atoms with Crippen molar-refractivity contribution in [2.45, 2.75) is 12.8 Å². The summed E-state index contributed by atoms with van der Waals surface area (Å²) in [6.45, 7) is 0. The fourth-order valence-electron chi connectivity index (χ4n) is 3.79. The van der Waals surface area contributed by atoms with E-state index >= 15 is 0 Å². The summed E-state index contributed by atoms with van der Waals surface area (Å²) in [7, 11) is 0. The first-order chi connectivity index (χ1) is 14.8. The normalized spacial score (nSPS) is 10.3. The van der Waals surface area contributed by atoms with Crippen LogP contribution in [-0.2, 0) is 22.4 Å². The molecule has 0 spiro atoms. The summed E-state index contributed by atoms with van der Waals surface area (Å²) in [4.78, 5) is 30.0. The van der Waals surface area contributed by atoms with E-state index in [-0.39, 0.29) is 0 Å². The molecule has 144 valence electrons. The van der Waals surface area contributed by atoms with Gasteiger partial charge in [0, 0.05) is 6.42 Å². The molecule has 4 nitrogen and oxygen atoms in total. The number of isocyanates is 2. The molecule has 4 heteroatoms. The van der Waals surface area contributed by atoms with Crippen LogP contribution in [0.1, 0.15) is 22.3 Å². The number of benzene rings is 4. The van der Waals surface area contributed by atoms with Crippen molar-refractivity contribution in [3.05, 3.63) is 107 Å². The van der Waals surface area contributed by atoms with Crippen LogP contribution in [0.2, 0.25) is 0 Å². The molecule has 0 aromatic heterocycles. The molecule has 0 heterocycles. The minimum atomic E-state index is 0.326. The molecule has 0 fully saturated rings. The van der Waals surface area contributed by atoms with Crippen molar-refractivity contribution in [3.8, 4) is 0 Å². The molecule has 30 heavy (non-hydrogen) atoms. The molecule has 0 saturated heterocycles. The van der Waals surface area contributed by atoms with Crippen LogP contribution >= 0.6 is 0 Å². The molecule has 4 aromatic rings. The molecule has 0 aliphatic heterocycles. The first kappa shape index (κ1) is 19.2. The van der Waals surface area contributed by atoms with Crippen LogP contribution in [-0.4, -0.2) is 12.2 Å². The molecule has 4 aromatic carbocycles. The lowest BCUT2D eigenvalue weighted by Crippen LogP contribution is -1.95. The summed E-state index contributed by atoms with van der Waals surface area (Å²) in [5.74, 6) is 0. The number of fused-ring (bicyclic) bond motifs is 1. The van der Waals surface area contributed by atoms with Crippen LogP contribution in [0, 0.1) is 0 Å². The van der Waals surface area contributed by atoms with Crippen LogP contribution in [0.15, 0.2) is 94.9 Å². The van der Waals surface area contributed by atoms with Crippen molar-refractivity contribution in [3.63, 3.8) is 0 Å². The first-order valence-electron chi connectivity index (χ1n) is 9.61. The van der Waals surface area contributed by atoms with Gasteiger partial charge in [0.05, 0.1) is 0 Å². The lowest BCUT2D eigenvalue weighted by Gasteiger charge is -2.15. The Morgan fingerprint density at radius 1 is 0.633 bits per heavy atom. The van der Waals surface area contributed by atoms with E-state index in [9.17, 15) is 9.59 Å². The number of rotatable bonds is 6. The van der Waals surface area contributed by atoms with Gasteiger partial charge in [0.25, 0.3) is 0 Å². The van der Waals surface area contributed by atoms with E-state index in [2.05, 4.69) is 28.2 Å². The molecule has 0 atom stereocenters. The largest absolute Gasteiger partial charge is 0.240 e. The minimum Gasteiger partial charge on any atom is -0.211 e. The number of hydrogen-bond acceptors (Lipinski definition) is 4. The van der Waals surface area contributed by atoms with Gasteiger partial charge in [-0.3, -0.25) is 0 Å². The van der Waals surface area contributed by atoms with Gasteiger partial charge in [0.2, 0.25) is 12.2 Å². The minimum absolute atomic E-state index is 0.326. The quantitative estimate of drug-likeness (QED) is 0.301. The summed E-state index contributed by atoms with van der Waals surface area (Å²) in [5, 5.41) is 1.96. The average Bonchev–Trinajstić information content (AvgIpc) is 2.78. The van der Waals surface area contributed by atoms with Gasteiger partial charge >= 0.3 is 0 Å². The van der Waals surface area contributed by atoms with E-state index < -0.39 is 0 Å². The number of hydrogen-bond donors (Lipinski definition) is 0. The van der Waals surface area contributed by atoms with Crippen LogP contribution < -0.4 is 0 Å². The van der Waals surface area contributed by atoms with Crippen molar-refractivity contribution in [1.29, 1.82) is 0 Å². The van der Waals surface area contributed by atoms with Gasteiger partial charge in [-0.25, -0.2) is 9.59 Å². The van der Waals surface area contributed by atoms with Gasteiger partial charge in [-0.15, -0.1) is 0 Å². The SMILES string of the molecule is O=C=Nc1cc2c(Cc3ccccc3)cccc2c(Cc2ccccc2)c1N=C=O. The first-order valence-corrected chi connectivity index (χ1v) is 9.61. The second-order valence-electron chi connectivity index (χ2n) is 6.97. The Hall–Kier alpha value is -4.10. The summed E-state index contributed by atoms with van der Waals surface area (Å²) >= 11 is 0. The van der Waals surface area contributed by atoms with Crippen LogP contribution in [0.5, 0.6) is 0 Å². The van der Waals surface area contributed by atoms with Crippen molar-refractivity contribution >= 4 is 34.3 Å². The molecule has 0 N–H and O–H groups in total. The van der Waals surface area contributed by atoms with E-state index in [1.54, 1.807) is 12.2 Å². The second-order valence-corrected chi connectivity index (χ2v) is 6.97. The third-order valence-electron chi connectivity index (χ3n) is 5.12. The molecule has 0 radical (unpaired) electrons.